The molecule has 0 bridgehead atoms. The lowest BCUT2D eigenvalue weighted by molar-refractivity contribution is -0.113. The number of nitrogens with zero attached hydrogens (tertiary/aromatic N) is 3. The molecule has 0 aliphatic rings. The summed E-state index contributed by atoms with van der Waals surface area (Å²) in [7, 11) is 3.13. The van der Waals surface area contributed by atoms with Crippen molar-refractivity contribution >= 4 is 51.6 Å². The number of benzene rings is 1. The third kappa shape index (κ3) is 5.69. The molecule has 0 aliphatic heterocycles. The molecule has 3 rings (SSSR count). The Morgan fingerprint density at radius 2 is 2.00 bits per heavy atom. The van der Waals surface area contributed by atoms with Crippen LogP contribution in [0.25, 0.3) is 0 Å². The predicted molar refractivity (Wildman–Crippen MR) is 131 cm³/mol. The molecule has 11 heteroatoms. The number of thioether (sulfide) groups is 1. The molecule has 0 radical (unpaired) electrons. The Bertz CT molecular complexity index is 1190. The fourth-order valence-corrected chi connectivity index (χ4v) is 5.05. The molecule has 2 heterocycles. The number of anilines is 1. The van der Waals surface area contributed by atoms with E-state index in [2.05, 4.69) is 15.5 Å². The number of rotatable bonds is 8. The largest absolute Gasteiger partial charge is 0.481 e. The van der Waals surface area contributed by atoms with Crippen LogP contribution in [0.3, 0.4) is 0 Å². The Morgan fingerprint density at radius 1 is 1.27 bits per heavy atom. The van der Waals surface area contributed by atoms with Crippen molar-refractivity contribution in [1.82, 2.24) is 14.8 Å². The summed E-state index contributed by atoms with van der Waals surface area (Å²) in [5, 5.41) is 12.8. The number of hydrogen-bond donors (Lipinski definition) is 1. The van der Waals surface area contributed by atoms with Gasteiger partial charge in [0.15, 0.2) is 17.1 Å². The summed E-state index contributed by atoms with van der Waals surface area (Å²) in [6, 6.07) is 5.57. The molecule has 1 aromatic carbocycles. The van der Waals surface area contributed by atoms with Gasteiger partial charge < -0.3 is 19.4 Å². The summed E-state index contributed by atoms with van der Waals surface area (Å²) in [4.78, 5) is 25.6. The number of esters is 1. The average Bonchev–Trinajstić information content (AvgIpc) is 3.27. The quantitative estimate of drug-likeness (QED) is 0.333. The van der Waals surface area contributed by atoms with E-state index < -0.39 is 12.1 Å². The lowest BCUT2D eigenvalue weighted by Crippen LogP contribution is -2.16. The van der Waals surface area contributed by atoms with Crippen molar-refractivity contribution in [2.24, 2.45) is 7.05 Å². The topological polar surface area (TPSA) is 95.3 Å². The highest BCUT2D eigenvalue weighted by atomic mass is 35.5. The highest BCUT2D eigenvalue weighted by molar-refractivity contribution is 7.99. The number of methoxy groups -OCH3 is 1. The first-order valence-corrected chi connectivity index (χ1v) is 12.2. The number of amides is 1. The number of aryl methyl sites for hydroxylation is 2. The van der Waals surface area contributed by atoms with Crippen LogP contribution in [0.4, 0.5) is 5.00 Å². The second kappa shape index (κ2) is 10.6. The zero-order valence-corrected chi connectivity index (χ0v) is 21.6. The average molecular weight is 509 g/mol. The van der Waals surface area contributed by atoms with Crippen LogP contribution in [0.2, 0.25) is 5.02 Å². The molecule has 176 valence electrons. The standard InChI is InChI=1S/C22H25ClN4O4S2/c1-11-7-8-15(23)16(9-11)31-13(3)19-25-26-22(27(19)5)32-10-17(28)24-20-18(21(29)30-6)12(2)14(4)33-20/h7-9,13H,10H2,1-6H3,(H,24,28). The molecule has 3 aromatic rings. The van der Waals surface area contributed by atoms with Gasteiger partial charge in [-0.3, -0.25) is 4.79 Å². The second-order valence-corrected chi connectivity index (χ2v) is 9.98. The van der Waals surface area contributed by atoms with Crippen molar-refractivity contribution in [3.8, 4) is 5.75 Å². The van der Waals surface area contributed by atoms with E-state index in [0.29, 0.717) is 32.3 Å². The molecule has 1 atom stereocenters. The van der Waals surface area contributed by atoms with Gasteiger partial charge in [-0.2, -0.15) is 0 Å². The maximum absolute atomic E-state index is 12.6. The molecule has 1 N–H and O–H groups in total. The highest BCUT2D eigenvalue weighted by Gasteiger charge is 2.23. The fourth-order valence-electron chi connectivity index (χ4n) is 3.11. The third-order valence-electron chi connectivity index (χ3n) is 4.98. The number of nitrogens with one attached hydrogen (secondary N) is 1. The molecule has 0 saturated heterocycles. The van der Waals surface area contributed by atoms with Gasteiger partial charge in [0.1, 0.15) is 10.8 Å². The Morgan fingerprint density at radius 3 is 2.70 bits per heavy atom. The van der Waals surface area contributed by atoms with E-state index in [-0.39, 0.29) is 11.7 Å². The third-order valence-corrected chi connectivity index (χ3v) is 7.44. The smallest absolute Gasteiger partial charge is 0.341 e. The Hall–Kier alpha value is -2.56. The normalized spacial score (nSPS) is 11.8. The van der Waals surface area contributed by atoms with Gasteiger partial charge in [0.25, 0.3) is 0 Å². The second-order valence-electron chi connectivity index (χ2n) is 7.41. The van der Waals surface area contributed by atoms with Crippen LogP contribution in [-0.2, 0) is 16.6 Å². The fraction of sp³-hybridized carbons (Fsp3) is 0.364. The lowest BCUT2D eigenvalue weighted by Gasteiger charge is -2.15. The van der Waals surface area contributed by atoms with Crippen LogP contribution >= 0.6 is 34.7 Å². The summed E-state index contributed by atoms with van der Waals surface area (Å²) in [6.45, 7) is 7.55. The SMILES string of the molecule is COC(=O)c1c(NC(=O)CSc2nnc(C(C)Oc3cc(C)ccc3Cl)n2C)sc(C)c1C. The minimum absolute atomic E-state index is 0.0987. The van der Waals surface area contributed by atoms with Gasteiger partial charge in [0.05, 0.1) is 23.4 Å². The molecule has 33 heavy (non-hydrogen) atoms. The molecule has 8 nitrogen and oxygen atoms in total. The maximum atomic E-state index is 12.6. The molecule has 1 amide bonds. The number of aromatic nitrogens is 3. The zero-order valence-electron chi connectivity index (χ0n) is 19.2. The van der Waals surface area contributed by atoms with E-state index >= 15 is 0 Å². The number of hydrogen-bond acceptors (Lipinski definition) is 8. The summed E-state index contributed by atoms with van der Waals surface area (Å²) >= 11 is 8.82. The highest BCUT2D eigenvalue weighted by Crippen LogP contribution is 2.33. The number of thiophene rings is 1. The molecule has 0 fully saturated rings. The van der Waals surface area contributed by atoms with Gasteiger partial charge in [-0.05, 0) is 51.0 Å². The molecular weight excluding hydrogens is 484 g/mol. The number of carbonyl (C=O) groups excluding carboxylic acids is 2. The van der Waals surface area contributed by atoms with Crippen molar-refractivity contribution in [1.29, 1.82) is 0 Å². The van der Waals surface area contributed by atoms with E-state index in [9.17, 15) is 9.59 Å². The zero-order chi connectivity index (χ0) is 24.3. The lowest BCUT2D eigenvalue weighted by atomic mass is 10.1. The molecule has 1 unspecified atom stereocenters. The van der Waals surface area contributed by atoms with Crippen molar-refractivity contribution < 1.29 is 19.1 Å². The molecule has 0 aliphatic carbocycles. The predicted octanol–water partition coefficient (Wildman–Crippen LogP) is 5.11. The Balaban J connectivity index is 1.65. The summed E-state index contributed by atoms with van der Waals surface area (Å²) in [5.74, 6) is 0.547. The first kappa shape index (κ1) is 25.1. The van der Waals surface area contributed by atoms with Crippen LogP contribution in [-0.4, -0.2) is 39.5 Å². The van der Waals surface area contributed by atoms with Gasteiger partial charge in [0, 0.05) is 11.9 Å². The van der Waals surface area contributed by atoms with Crippen LogP contribution in [0, 0.1) is 20.8 Å². The van der Waals surface area contributed by atoms with Crippen LogP contribution < -0.4 is 10.1 Å². The van der Waals surface area contributed by atoms with E-state index in [1.165, 1.54) is 30.2 Å². The first-order valence-electron chi connectivity index (χ1n) is 10.0. The first-order chi connectivity index (χ1) is 15.6. The van der Waals surface area contributed by atoms with Crippen molar-refractivity contribution in [3.63, 3.8) is 0 Å². The van der Waals surface area contributed by atoms with Crippen molar-refractivity contribution in [2.45, 2.75) is 39.0 Å². The van der Waals surface area contributed by atoms with E-state index in [0.717, 1.165) is 16.0 Å². The van der Waals surface area contributed by atoms with Gasteiger partial charge in [-0.25, -0.2) is 4.79 Å². The summed E-state index contributed by atoms with van der Waals surface area (Å²) in [6.07, 6.45) is -0.398. The van der Waals surface area contributed by atoms with E-state index in [4.69, 9.17) is 21.1 Å². The molecule has 2 aromatic heterocycles. The van der Waals surface area contributed by atoms with Crippen molar-refractivity contribution in [3.05, 3.63) is 50.6 Å². The Kier molecular flexibility index (Phi) is 8.04. The minimum Gasteiger partial charge on any atom is -0.481 e. The van der Waals surface area contributed by atoms with Gasteiger partial charge >= 0.3 is 5.97 Å². The molecule has 0 saturated carbocycles. The summed E-state index contributed by atoms with van der Waals surface area (Å²) in [5.41, 5.74) is 2.23. The van der Waals surface area contributed by atoms with Gasteiger partial charge in [-0.1, -0.05) is 29.4 Å². The van der Waals surface area contributed by atoms with Crippen LogP contribution in [0.15, 0.2) is 23.4 Å². The number of carbonyl (C=O) groups is 2. The maximum Gasteiger partial charge on any atom is 0.341 e. The van der Waals surface area contributed by atoms with E-state index in [1.807, 2.05) is 46.9 Å². The van der Waals surface area contributed by atoms with Crippen LogP contribution in [0.1, 0.15) is 45.2 Å². The van der Waals surface area contributed by atoms with Crippen LogP contribution in [0.5, 0.6) is 5.75 Å². The molecule has 0 spiro atoms. The minimum atomic E-state index is -0.472. The Labute approximate surface area is 205 Å². The monoisotopic (exact) mass is 508 g/mol. The number of ether oxygens (including phenoxy) is 2. The van der Waals surface area contributed by atoms with Gasteiger partial charge in [0.2, 0.25) is 5.91 Å². The van der Waals surface area contributed by atoms with Crippen molar-refractivity contribution in [2.75, 3.05) is 18.2 Å². The van der Waals surface area contributed by atoms with E-state index in [1.54, 1.807) is 10.6 Å². The summed E-state index contributed by atoms with van der Waals surface area (Å²) < 4.78 is 12.6. The number of halogens is 1. The molecular formula is C22H25ClN4O4S2. The van der Waals surface area contributed by atoms with Gasteiger partial charge in [-0.15, -0.1) is 21.5 Å².